The van der Waals surface area contributed by atoms with Crippen molar-refractivity contribution < 1.29 is 40.2 Å². The van der Waals surface area contributed by atoms with Crippen molar-refractivity contribution in [3.05, 3.63) is 0 Å². The highest BCUT2D eigenvalue weighted by molar-refractivity contribution is 5.73. The Morgan fingerprint density at radius 1 is 1.17 bits per heavy atom. The summed E-state index contributed by atoms with van der Waals surface area (Å²) in [6.45, 7) is -1.36. The molecule has 1 saturated heterocycles. The number of aliphatic carboxylic acids is 1. The van der Waals surface area contributed by atoms with Crippen LogP contribution in [-0.2, 0) is 9.53 Å². The summed E-state index contributed by atoms with van der Waals surface area (Å²) in [5.74, 6) is -1.37. The average Bonchev–Trinajstić information content (AvgIpc) is 2.35. The fraction of sp³-hybridized carbons (Fsp3) is 0.889. The molecule has 0 spiro atoms. The zero-order valence-corrected chi connectivity index (χ0v) is 9.38. The Kier molecular flexibility index (Phi) is 5.41. The molecule has 1 aliphatic rings. The van der Waals surface area contributed by atoms with Crippen LogP contribution in [-0.4, -0.2) is 86.5 Å². The lowest BCUT2D eigenvalue weighted by Gasteiger charge is -2.40. The lowest BCUT2D eigenvalue weighted by molar-refractivity contribution is -0.239. The van der Waals surface area contributed by atoms with Gasteiger partial charge in [-0.1, -0.05) is 0 Å². The quantitative estimate of drug-likeness (QED) is 0.262. The molecule has 0 aliphatic carbocycles. The van der Waals surface area contributed by atoms with Crippen molar-refractivity contribution in [1.29, 1.82) is 0 Å². The molecule has 1 rings (SSSR count). The molecule has 9 heteroatoms. The van der Waals surface area contributed by atoms with Crippen LogP contribution in [0.25, 0.3) is 0 Å². The van der Waals surface area contributed by atoms with Crippen molar-refractivity contribution >= 4 is 5.97 Å². The first kappa shape index (κ1) is 15.2. The molecule has 7 N–H and O–H groups in total. The molecule has 0 bridgehead atoms. The first-order valence-electron chi connectivity index (χ1n) is 5.32. The molecule has 1 fully saturated rings. The Bertz CT molecular complexity index is 286. The number of carboxylic acids is 1. The van der Waals surface area contributed by atoms with Gasteiger partial charge in [0.2, 0.25) is 0 Å². The van der Waals surface area contributed by atoms with E-state index >= 15 is 0 Å². The lowest BCUT2D eigenvalue weighted by Crippen LogP contribution is -2.64. The van der Waals surface area contributed by atoms with E-state index in [1.165, 1.54) is 0 Å². The van der Waals surface area contributed by atoms with Crippen LogP contribution in [0, 0.1) is 0 Å². The predicted molar refractivity (Wildman–Crippen MR) is 55.4 cm³/mol. The van der Waals surface area contributed by atoms with Gasteiger partial charge in [0.15, 0.2) is 0 Å². The topological polar surface area (TPSA) is 160 Å². The van der Waals surface area contributed by atoms with Crippen LogP contribution in [0.1, 0.15) is 0 Å². The van der Waals surface area contributed by atoms with Crippen LogP contribution in [0.3, 0.4) is 0 Å². The summed E-state index contributed by atoms with van der Waals surface area (Å²) >= 11 is 0. The van der Waals surface area contributed by atoms with E-state index in [0.717, 1.165) is 0 Å². The van der Waals surface area contributed by atoms with Crippen molar-refractivity contribution in [2.24, 2.45) is 0 Å². The molecular formula is C9H17NO8. The number of hydrogen-bond acceptors (Lipinski definition) is 8. The maximum absolute atomic E-state index is 10.7. The highest BCUT2D eigenvalue weighted by atomic mass is 16.6. The van der Waals surface area contributed by atoms with Gasteiger partial charge in [-0.15, -0.1) is 0 Å². The second-order valence-electron chi connectivity index (χ2n) is 3.99. The zero-order chi connectivity index (χ0) is 13.9. The van der Waals surface area contributed by atoms with Crippen LogP contribution in [0.15, 0.2) is 0 Å². The Balaban J connectivity index is 2.72. The van der Waals surface area contributed by atoms with Crippen LogP contribution < -0.4 is 5.32 Å². The van der Waals surface area contributed by atoms with Crippen LogP contribution in [0.5, 0.6) is 0 Å². The first-order valence-corrected chi connectivity index (χ1v) is 5.32. The van der Waals surface area contributed by atoms with Gasteiger partial charge in [-0.05, 0) is 0 Å². The van der Waals surface area contributed by atoms with Gasteiger partial charge in [-0.2, -0.15) is 0 Å². The summed E-state index contributed by atoms with van der Waals surface area (Å²) in [7, 11) is 0. The molecular weight excluding hydrogens is 250 g/mol. The van der Waals surface area contributed by atoms with Gasteiger partial charge < -0.3 is 35.4 Å². The second-order valence-corrected chi connectivity index (χ2v) is 3.99. The lowest BCUT2D eigenvalue weighted by atomic mass is 9.98. The fourth-order valence-electron chi connectivity index (χ4n) is 1.64. The number of ether oxygens (including phenoxy) is 1. The molecule has 0 aromatic rings. The Morgan fingerprint density at radius 3 is 2.22 bits per heavy atom. The normalized spacial score (nSPS) is 38.4. The second kappa shape index (κ2) is 6.38. The van der Waals surface area contributed by atoms with Gasteiger partial charge in [0.1, 0.15) is 36.7 Å². The molecule has 6 atom stereocenters. The Morgan fingerprint density at radius 2 is 1.78 bits per heavy atom. The highest BCUT2D eigenvalue weighted by Gasteiger charge is 2.44. The average molecular weight is 267 g/mol. The molecule has 0 amide bonds. The van der Waals surface area contributed by atoms with E-state index in [1.807, 2.05) is 0 Å². The number of carbonyl (C=O) groups is 1. The number of aliphatic hydroxyl groups is 5. The molecule has 0 aromatic carbocycles. The van der Waals surface area contributed by atoms with Gasteiger partial charge in [0.25, 0.3) is 0 Å². The largest absolute Gasteiger partial charge is 0.480 e. The number of rotatable bonds is 5. The summed E-state index contributed by atoms with van der Waals surface area (Å²) in [6.07, 6.45) is -7.15. The van der Waals surface area contributed by atoms with Crippen molar-refractivity contribution in [1.82, 2.24) is 5.32 Å². The third kappa shape index (κ3) is 3.14. The van der Waals surface area contributed by atoms with Crippen molar-refractivity contribution in [3.8, 4) is 0 Å². The van der Waals surface area contributed by atoms with Crippen LogP contribution in [0.4, 0.5) is 0 Å². The number of aliphatic hydroxyl groups excluding tert-OH is 5. The predicted octanol–water partition coefficient (Wildman–Crippen LogP) is -4.18. The molecule has 18 heavy (non-hydrogen) atoms. The third-order valence-electron chi connectivity index (χ3n) is 2.74. The minimum atomic E-state index is -1.60. The standard InChI is InChI=1S/C9H17NO8/c11-1-3(9(16)17)10-8-7(15)6(14)5(13)4(2-12)18-8/h3-8,10-15H,1-2H2,(H,16,17)/t3-,4+,5+,6-,7-,8?/m0/s1. The molecule has 0 aromatic heterocycles. The summed E-state index contributed by atoms with van der Waals surface area (Å²) in [4.78, 5) is 10.7. The highest BCUT2D eigenvalue weighted by Crippen LogP contribution is 2.19. The number of hydrogen-bond donors (Lipinski definition) is 7. The van der Waals surface area contributed by atoms with E-state index < -0.39 is 55.9 Å². The summed E-state index contributed by atoms with van der Waals surface area (Å²) < 4.78 is 5.02. The molecule has 9 nitrogen and oxygen atoms in total. The summed E-state index contributed by atoms with van der Waals surface area (Å²) in [6, 6.07) is -1.40. The molecule has 106 valence electrons. The van der Waals surface area contributed by atoms with E-state index in [9.17, 15) is 20.1 Å². The third-order valence-corrected chi connectivity index (χ3v) is 2.74. The van der Waals surface area contributed by atoms with E-state index in [4.69, 9.17) is 20.1 Å². The molecule has 1 unspecified atom stereocenters. The molecule has 1 heterocycles. The maximum atomic E-state index is 10.7. The van der Waals surface area contributed by atoms with Gasteiger partial charge in [-0.25, -0.2) is 0 Å². The van der Waals surface area contributed by atoms with Crippen molar-refractivity contribution in [2.75, 3.05) is 13.2 Å². The van der Waals surface area contributed by atoms with E-state index in [2.05, 4.69) is 5.32 Å². The number of carboxylic acid groups (broad SMARTS) is 1. The smallest absolute Gasteiger partial charge is 0.323 e. The Labute approximate surface area is 102 Å². The van der Waals surface area contributed by atoms with Crippen LogP contribution >= 0.6 is 0 Å². The van der Waals surface area contributed by atoms with Gasteiger partial charge in [0, 0.05) is 0 Å². The maximum Gasteiger partial charge on any atom is 0.323 e. The van der Waals surface area contributed by atoms with Crippen LogP contribution in [0.2, 0.25) is 0 Å². The fourth-order valence-corrected chi connectivity index (χ4v) is 1.64. The van der Waals surface area contributed by atoms with Crippen molar-refractivity contribution in [3.63, 3.8) is 0 Å². The monoisotopic (exact) mass is 267 g/mol. The minimum Gasteiger partial charge on any atom is -0.480 e. The Hall–Kier alpha value is -0.810. The van der Waals surface area contributed by atoms with Gasteiger partial charge >= 0.3 is 5.97 Å². The minimum absolute atomic E-state index is 0.611. The summed E-state index contributed by atoms with van der Waals surface area (Å²) in [5.41, 5.74) is 0. The first-order chi connectivity index (χ1) is 8.42. The zero-order valence-electron chi connectivity index (χ0n) is 9.38. The number of nitrogens with one attached hydrogen (secondary N) is 1. The molecule has 0 saturated carbocycles. The van der Waals surface area contributed by atoms with E-state index in [0.29, 0.717) is 0 Å². The SMILES string of the molecule is O=C(O)[C@H](CO)NC1O[C@H](CO)[C@@H](O)[C@H](O)[C@@H]1O. The summed E-state index contributed by atoms with van der Waals surface area (Å²) in [5, 5.41) is 57.2. The molecule has 0 radical (unpaired) electrons. The van der Waals surface area contributed by atoms with Crippen molar-refractivity contribution in [2.45, 2.75) is 36.7 Å². The van der Waals surface area contributed by atoms with Gasteiger partial charge in [-0.3, -0.25) is 10.1 Å². The van der Waals surface area contributed by atoms with E-state index in [-0.39, 0.29) is 0 Å². The van der Waals surface area contributed by atoms with E-state index in [1.54, 1.807) is 0 Å². The van der Waals surface area contributed by atoms with Gasteiger partial charge in [0.05, 0.1) is 13.2 Å². The molecule has 1 aliphatic heterocycles.